The highest BCUT2D eigenvalue weighted by atomic mass is 32.1. The van der Waals surface area contributed by atoms with Crippen LogP contribution in [0.25, 0.3) is 6.08 Å². The van der Waals surface area contributed by atoms with E-state index >= 15 is 0 Å². The maximum atomic E-state index is 11.8. The lowest BCUT2D eigenvalue weighted by Gasteiger charge is -2.09. The number of nitrogens with one attached hydrogen (secondary N) is 1. The fraction of sp³-hybridized carbons (Fsp3) is 0.385. The van der Waals surface area contributed by atoms with E-state index in [1.54, 1.807) is 6.08 Å². The van der Waals surface area contributed by atoms with E-state index < -0.39 is 0 Å². The zero-order valence-electron chi connectivity index (χ0n) is 9.89. The third kappa shape index (κ3) is 3.42. The molecule has 0 radical (unpaired) electrons. The Morgan fingerprint density at radius 3 is 3.22 bits per heavy atom. The first kappa shape index (κ1) is 12.8. The molecule has 1 aromatic heterocycles. The summed E-state index contributed by atoms with van der Waals surface area (Å²) in [6.45, 7) is 1.23. The van der Waals surface area contributed by atoms with Gasteiger partial charge in [0.2, 0.25) is 0 Å². The van der Waals surface area contributed by atoms with Gasteiger partial charge >= 0.3 is 0 Å². The summed E-state index contributed by atoms with van der Waals surface area (Å²) in [5, 5.41) is 15.5. The summed E-state index contributed by atoms with van der Waals surface area (Å²) < 4.78 is 5.41. The largest absolute Gasteiger partial charge is 0.376 e. The van der Waals surface area contributed by atoms with Crippen LogP contribution >= 0.6 is 11.3 Å². The van der Waals surface area contributed by atoms with Gasteiger partial charge in [-0.25, -0.2) is 0 Å². The molecule has 1 saturated heterocycles. The summed E-state index contributed by atoms with van der Waals surface area (Å²) in [5.41, 5.74) is 1.01. The lowest BCUT2D eigenvalue weighted by molar-refractivity contribution is -0.117. The second-order valence-corrected chi connectivity index (χ2v) is 4.85. The van der Waals surface area contributed by atoms with Crippen molar-refractivity contribution in [3.8, 4) is 6.07 Å². The molecule has 0 aliphatic carbocycles. The Morgan fingerprint density at radius 2 is 2.61 bits per heavy atom. The molecule has 0 spiro atoms. The monoisotopic (exact) mass is 262 g/mol. The third-order valence-corrected chi connectivity index (χ3v) is 3.44. The molecule has 1 aliphatic heterocycles. The van der Waals surface area contributed by atoms with Crippen LogP contribution in [0.3, 0.4) is 0 Å². The molecule has 2 heterocycles. The van der Waals surface area contributed by atoms with Gasteiger partial charge in [0.25, 0.3) is 5.91 Å². The van der Waals surface area contributed by atoms with Crippen LogP contribution < -0.4 is 5.32 Å². The van der Waals surface area contributed by atoms with E-state index in [1.807, 2.05) is 22.9 Å². The summed E-state index contributed by atoms with van der Waals surface area (Å²) in [6, 6.07) is 3.80. The van der Waals surface area contributed by atoms with Crippen molar-refractivity contribution in [1.29, 1.82) is 5.26 Å². The van der Waals surface area contributed by atoms with Crippen LogP contribution in [-0.4, -0.2) is 25.2 Å². The molecule has 2 rings (SSSR count). The van der Waals surface area contributed by atoms with Crippen molar-refractivity contribution >= 4 is 23.3 Å². The van der Waals surface area contributed by atoms with E-state index in [4.69, 9.17) is 10.00 Å². The molecular weight excluding hydrogens is 248 g/mol. The predicted molar refractivity (Wildman–Crippen MR) is 69.9 cm³/mol. The molecule has 0 unspecified atom stereocenters. The van der Waals surface area contributed by atoms with E-state index in [0.717, 1.165) is 25.0 Å². The number of nitrogens with zero attached hydrogens (tertiary/aromatic N) is 1. The Kier molecular flexibility index (Phi) is 4.51. The molecule has 94 valence electrons. The lowest BCUT2D eigenvalue weighted by Crippen LogP contribution is -2.32. The molecule has 0 bridgehead atoms. The number of thiophene rings is 1. The van der Waals surface area contributed by atoms with Crippen molar-refractivity contribution in [3.63, 3.8) is 0 Å². The van der Waals surface area contributed by atoms with Crippen LogP contribution in [0.2, 0.25) is 0 Å². The number of rotatable bonds is 4. The number of amides is 1. The van der Waals surface area contributed by atoms with Gasteiger partial charge in [-0.15, -0.1) is 0 Å². The van der Waals surface area contributed by atoms with Crippen molar-refractivity contribution in [1.82, 2.24) is 5.32 Å². The molecule has 0 saturated carbocycles. The fourth-order valence-corrected chi connectivity index (χ4v) is 2.40. The molecule has 1 aromatic rings. The Labute approximate surface area is 110 Å². The zero-order valence-corrected chi connectivity index (χ0v) is 10.7. The van der Waals surface area contributed by atoms with Gasteiger partial charge in [-0.05, 0) is 41.3 Å². The van der Waals surface area contributed by atoms with E-state index in [2.05, 4.69) is 5.32 Å². The summed E-state index contributed by atoms with van der Waals surface area (Å²) in [6.07, 6.45) is 3.70. The summed E-state index contributed by atoms with van der Waals surface area (Å²) in [4.78, 5) is 11.8. The second-order valence-electron chi connectivity index (χ2n) is 4.07. The van der Waals surface area contributed by atoms with Crippen LogP contribution in [0.4, 0.5) is 0 Å². The summed E-state index contributed by atoms with van der Waals surface area (Å²) in [7, 11) is 0. The molecule has 0 aromatic carbocycles. The Morgan fingerprint density at radius 1 is 1.72 bits per heavy atom. The minimum atomic E-state index is -0.334. The normalized spacial score (nSPS) is 19.5. The van der Waals surface area contributed by atoms with E-state index in [1.165, 1.54) is 11.3 Å². The highest BCUT2D eigenvalue weighted by Crippen LogP contribution is 2.12. The van der Waals surface area contributed by atoms with Crippen molar-refractivity contribution in [2.45, 2.75) is 18.9 Å². The highest BCUT2D eigenvalue weighted by molar-refractivity contribution is 7.08. The molecule has 5 heteroatoms. The highest BCUT2D eigenvalue weighted by Gasteiger charge is 2.17. The van der Waals surface area contributed by atoms with E-state index in [0.29, 0.717) is 6.54 Å². The number of hydrogen-bond donors (Lipinski definition) is 1. The van der Waals surface area contributed by atoms with Gasteiger partial charge in [0, 0.05) is 13.2 Å². The van der Waals surface area contributed by atoms with Gasteiger partial charge in [0.15, 0.2) is 0 Å². The van der Waals surface area contributed by atoms with Gasteiger partial charge in [-0.3, -0.25) is 4.79 Å². The number of nitriles is 1. The van der Waals surface area contributed by atoms with Gasteiger partial charge in [0.1, 0.15) is 11.6 Å². The van der Waals surface area contributed by atoms with Crippen LogP contribution in [0.5, 0.6) is 0 Å². The minimum absolute atomic E-state index is 0.0926. The minimum Gasteiger partial charge on any atom is -0.376 e. The van der Waals surface area contributed by atoms with Crippen LogP contribution in [0, 0.1) is 11.3 Å². The maximum Gasteiger partial charge on any atom is 0.262 e. The first-order valence-corrected chi connectivity index (χ1v) is 6.77. The summed E-state index contributed by atoms with van der Waals surface area (Å²) in [5.74, 6) is -0.334. The van der Waals surface area contributed by atoms with Crippen molar-refractivity contribution in [2.75, 3.05) is 13.2 Å². The number of ether oxygens (including phenoxy) is 1. The fourth-order valence-electron chi connectivity index (χ4n) is 1.78. The average molecular weight is 262 g/mol. The molecule has 1 atom stereocenters. The maximum absolute atomic E-state index is 11.8. The van der Waals surface area contributed by atoms with Gasteiger partial charge in [0.05, 0.1) is 6.10 Å². The zero-order chi connectivity index (χ0) is 12.8. The molecule has 1 aliphatic rings. The van der Waals surface area contributed by atoms with E-state index in [-0.39, 0.29) is 17.6 Å². The Bertz CT molecular complexity index is 468. The summed E-state index contributed by atoms with van der Waals surface area (Å²) >= 11 is 1.53. The quantitative estimate of drug-likeness (QED) is 0.666. The van der Waals surface area contributed by atoms with Crippen molar-refractivity contribution in [3.05, 3.63) is 28.0 Å². The first-order chi connectivity index (χ1) is 8.79. The van der Waals surface area contributed by atoms with E-state index in [9.17, 15) is 4.79 Å². The van der Waals surface area contributed by atoms with Crippen LogP contribution in [0.1, 0.15) is 18.4 Å². The van der Waals surface area contributed by atoms with Gasteiger partial charge < -0.3 is 10.1 Å². The number of carbonyl (C=O) groups excluding carboxylic acids is 1. The SMILES string of the molecule is N#C/C(=C\c1ccsc1)C(=O)NC[C@H]1CCCO1. The van der Waals surface area contributed by atoms with Gasteiger partial charge in [-0.1, -0.05) is 0 Å². The molecule has 4 nitrogen and oxygen atoms in total. The number of carbonyl (C=O) groups is 1. The second kappa shape index (κ2) is 6.34. The van der Waals surface area contributed by atoms with Crippen LogP contribution in [-0.2, 0) is 9.53 Å². The topological polar surface area (TPSA) is 62.1 Å². The van der Waals surface area contributed by atoms with Crippen molar-refractivity contribution < 1.29 is 9.53 Å². The average Bonchev–Trinajstić information content (AvgIpc) is 3.06. The molecular formula is C13H14N2O2S. The van der Waals surface area contributed by atoms with Crippen LogP contribution in [0.15, 0.2) is 22.4 Å². The molecule has 18 heavy (non-hydrogen) atoms. The first-order valence-electron chi connectivity index (χ1n) is 5.83. The predicted octanol–water partition coefficient (Wildman–Crippen LogP) is 1.95. The lowest BCUT2D eigenvalue weighted by atomic mass is 10.2. The molecule has 1 N–H and O–H groups in total. The standard InChI is InChI=1S/C13H14N2O2S/c14-7-11(6-10-3-5-18-9-10)13(16)15-8-12-2-1-4-17-12/h3,5-6,9,12H,1-2,4,8H2,(H,15,16)/b11-6+/t12-/m1/s1. The molecule has 1 fully saturated rings. The Hall–Kier alpha value is -1.64. The Balaban J connectivity index is 1.91. The number of hydrogen-bond acceptors (Lipinski definition) is 4. The molecule has 1 amide bonds. The smallest absolute Gasteiger partial charge is 0.262 e. The third-order valence-electron chi connectivity index (χ3n) is 2.73. The van der Waals surface area contributed by atoms with Crippen molar-refractivity contribution in [2.24, 2.45) is 0 Å². The van der Waals surface area contributed by atoms with Gasteiger partial charge in [-0.2, -0.15) is 16.6 Å².